The van der Waals surface area contributed by atoms with Crippen molar-refractivity contribution in [3.63, 3.8) is 0 Å². The van der Waals surface area contributed by atoms with Gasteiger partial charge in [-0.3, -0.25) is 14.4 Å². The van der Waals surface area contributed by atoms with Crippen molar-refractivity contribution in [1.29, 1.82) is 0 Å². The Morgan fingerprint density at radius 3 is 2.40 bits per heavy atom. The number of aromatic nitrogens is 1. The van der Waals surface area contributed by atoms with E-state index in [9.17, 15) is 23.9 Å². The molecule has 0 aliphatic carbocycles. The second kappa shape index (κ2) is 10.8. The summed E-state index contributed by atoms with van der Waals surface area (Å²) in [6.07, 6.45) is -0.852. The number of halogens is 1. The predicted octanol–water partition coefficient (Wildman–Crippen LogP) is 2.76. The van der Waals surface area contributed by atoms with Crippen LogP contribution in [0.4, 0.5) is 4.39 Å². The van der Waals surface area contributed by atoms with Gasteiger partial charge in [0.15, 0.2) is 0 Å². The van der Waals surface area contributed by atoms with Crippen molar-refractivity contribution in [1.82, 2.24) is 20.5 Å². The van der Waals surface area contributed by atoms with Crippen LogP contribution in [0.15, 0.2) is 29.8 Å². The Hall–Kier alpha value is -2.85. The van der Waals surface area contributed by atoms with Gasteiger partial charge in [-0.15, -0.1) is 11.3 Å². The number of nitrogens with one attached hydrogen (secondary N) is 2. The Bertz CT molecular complexity index is 1070. The second-order valence-electron chi connectivity index (χ2n) is 10.00. The maximum atomic E-state index is 14.0. The Morgan fingerprint density at radius 1 is 1.23 bits per heavy atom. The van der Waals surface area contributed by atoms with E-state index in [0.717, 1.165) is 16.1 Å². The van der Waals surface area contributed by atoms with Crippen LogP contribution < -0.4 is 10.6 Å². The lowest BCUT2D eigenvalue weighted by molar-refractivity contribution is -0.144. The number of nitrogens with zero attached hydrogens (tertiary/aromatic N) is 2. The van der Waals surface area contributed by atoms with E-state index in [1.165, 1.54) is 23.2 Å². The largest absolute Gasteiger partial charge is 0.391 e. The van der Waals surface area contributed by atoms with Crippen LogP contribution in [0.25, 0.3) is 10.4 Å². The summed E-state index contributed by atoms with van der Waals surface area (Å²) in [6, 6.07) is 4.50. The molecule has 3 rings (SSSR count). The number of rotatable bonds is 7. The second-order valence-corrected chi connectivity index (χ2v) is 10.9. The Morgan fingerprint density at radius 2 is 1.89 bits per heavy atom. The quantitative estimate of drug-likeness (QED) is 0.537. The summed E-state index contributed by atoms with van der Waals surface area (Å²) in [4.78, 5) is 44.8. The molecule has 3 N–H and O–H groups in total. The smallest absolute Gasteiger partial charge is 0.246 e. The molecule has 1 aliphatic rings. The number of hydrogen-bond donors (Lipinski definition) is 3. The lowest BCUT2D eigenvalue weighted by Gasteiger charge is -2.35. The van der Waals surface area contributed by atoms with Crippen LogP contribution in [0.5, 0.6) is 0 Å². The number of carbonyl (C=O) groups is 3. The van der Waals surface area contributed by atoms with E-state index in [-0.39, 0.29) is 18.9 Å². The molecule has 35 heavy (non-hydrogen) atoms. The van der Waals surface area contributed by atoms with E-state index >= 15 is 0 Å². The first-order valence-corrected chi connectivity index (χ1v) is 12.4. The fourth-order valence-electron chi connectivity index (χ4n) is 4.25. The standard InChI is InChI=1S/C25H33FN4O4S/c1-14-21(35-13-27-14)17-8-6-16(7-9-17)19(11-26)29-23(33)20-10-18(32)12-30(20)24(34)22(25(3,4)5)28-15(2)31/h6-9,13,18-20,22,32H,10-12H2,1-5H3,(H,28,31)(H,29,33)/t18-,19?,20+,22?/m1/s1. The molecule has 0 radical (unpaired) electrons. The molecule has 1 saturated heterocycles. The summed E-state index contributed by atoms with van der Waals surface area (Å²) in [5.74, 6) is -1.37. The van der Waals surface area contributed by atoms with E-state index in [1.54, 1.807) is 17.6 Å². The zero-order valence-corrected chi connectivity index (χ0v) is 21.5. The van der Waals surface area contributed by atoms with Crippen LogP contribution in [0.1, 0.15) is 51.4 Å². The molecule has 1 aromatic heterocycles. The monoisotopic (exact) mass is 504 g/mol. The zero-order chi connectivity index (χ0) is 25.9. The molecule has 4 atom stereocenters. The SMILES string of the molecule is CC(=O)NC(C(=O)N1C[C@H](O)C[C@H]1C(=O)NC(CF)c1ccc(-c2scnc2C)cc1)C(C)(C)C. The molecule has 1 aliphatic heterocycles. The maximum Gasteiger partial charge on any atom is 0.246 e. The lowest BCUT2D eigenvalue weighted by Crippen LogP contribution is -2.57. The highest BCUT2D eigenvalue weighted by atomic mass is 32.1. The molecule has 2 unspecified atom stereocenters. The molecule has 1 aromatic carbocycles. The number of likely N-dealkylation sites (tertiary alicyclic amines) is 1. The molecular formula is C25H33FN4O4S. The maximum absolute atomic E-state index is 14.0. The molecule has 0 bridgehead atoms. The highest BCUT2D eigenvalue weighted by molar-refractivity contribution is 7.13. The summed E-state index contributed by atoms with van der Waals surface area (Å²) in [6.45, 7) is 7.81. The number of aryl methyl sites for hydroxylation is 1. The molecule has 2 heterocycles. The number of benzene rings is 1. The average molecular weight is 505 g/mol. The predicted molar refractivity (Wildman–Crippen MR) is 132 cm³/mol. The third kappa shape index (κ3) is 6.24. The number of thiazole rings is 1. The van der Waals surface area contributed by atoms with Gasteiger partial charge in [0.1, 0.15) is 18.8 Å². The molecule has 10 heteroatoms. The highest BCUT2D eigenvalue weighted by Crippen LogP contribution is 2.29. The third-order valence-electron chi connectivity index (χ3n) is 6.12. The van der Waals surface area contributed by atoms with Crippen molar-refractivity contribution in [2.24, 2.45) is 5.41 Å². The van der Waals surface area contributed by atoms with E-state index in [0.29, 0.717) is 5.56 Å². The molecule has 3 amide bonds. The van der Waals surface area contributed by atoms with E-state index < -0.39 is 48.1 Å². The minimum absolute atomic E-state index is 0.0354. The van der Waals surface area contributed by atoms with Crippen LogP contribution in [-0.2, 0) is 14.4 Å². The molecule has 8 nitrogen and oxygen atoms in total. The van der Waals surface area contributed by atoms with Gasteiger partial charge in [0.05, 0.1) is 28.2 Å². The van der Waals surface area contributed by atoms with Gasteiger partial charge in [0.2, 0.25) is 17.7 Å². The first-order valence-electron chi connectivity index (χ1n) is 11.5. The molecule has 2 aromatic rings. The summed E-state index contributed by atoms with van der Waals surface area (Å²) < 4.78 is 14.0. The van der Waals surface area contributed by atoms with Gasteiger partial charge in [-0.25, -0.2) is 9.37 Å². The van der Waals surface area contributed by atoms with Gasteiger partial charge in [-0.1, -0.05) is 45.0 Å². The first-order chi connectivity index (χ1) is 16.4. The number of β-amino-alcohol motifs (C(OH)–C–C–N with tert-alkyl or cyclic N) is 1. The van der Waals surface area contributed by atoms with Crippen molar-refractivity contribution in [3.8, 4) is 10.4 Å². The molecular weight excluding hydrogens is 471 g/mol. The summed E-state index contributed by atoms with van der Waals surface area (Å²) >= 11 is 1.52. The average Bonchev–Trinajstić information content (AvgIpc) is 3.40. The van der Waals surface area contributed by atoms with Crippen molar-refractivity contribution < 1.29 is 23.9 Å². The molecule has 0 spiro atoms. The van der Waals surface area contributed by atoms with Crippen LogP contribution in [0.3, 0.4) is 0 Å². The highest BCUT2D eigenvalue weighted by Gasteiger charge is 2.44. The first kappa shape index (κ1) is 26.7. The Kier molecular flexibility index (Phi) is 8.27. The zero-order valence-electron chi connectivity index (χ0n) is 20.7. The minimum Gasteiger partial charge on any atom is -0.391 e. The van der Waals surface area contributed by atoms with Gasteiger partial charge in [-0.2, -0.15) is 0 Å². The van der Waals surface area contributed by atoms with Gasteiger partial charge in [0, 0.05) is 19.9 Å². The minimum atomic E-state index is -0.968. The number of carbonyl (C=O) groups excluding carboxylic acids is 3. The normalized spacial score (nSPS) is 19.8. The fourth-order valence-corrected chi connectivity index (χ4v) is 5.06. The summed E-state index contributed by atoms with van der Waals surface area (Å²) in [5.41, 5.74) is 3.61. The molecule has 1 fully saturated rings. The Labute approximate surface area is 208 Å². The van der Waals surface area contributed by atoms with Crippen molar-refractivity contribution in [3.05, 3.63) is 41.0 Å². The van der Waals surface area contributed by atoms with Gasteiger partial charge in [0.25, 0.3) is 0 Å². The van der Waals surface area contributed by atoms with E-state index in [1.807, 2.05) is 39.8 Å². The number of hydrogen-bond acceptors (Lipinski definition) is 6. The van der Waals surface area contributed by atoms with Crippen LogP contribution >= 0.6 is 11.3 Å². The van der Waals surface area contributed by atoms with Gasteiger partial charge >= 0.3 is 0 Å². The van der Waals surface area contributed by atoms with Crippen molar-refractivity contribution in [2.75, 3.05) is 13.2 Å². The van der Waals surface area contributed by atoms with Gasteiger partial charge in [-0.05, 0) is 23.5 Å². The number of aliphatic hydroxyl groups excluding tert-OH is 1. The van der Waals surface area contributed by atoms with E-state index in [4.69, 9.17) is 0 Å². The van der Waals surface area contributed by atoms with Crippen molar-refractivity contribution in [2.45, 2.75) is 65.3 Å². The molecule has 0 saturated carbocycles. The van der Waals surface area contributed by atoms with Crippen LogP contribution in [0.2, 0.25) is 0 Å². The topological polar surface area (TPSA) is 112 Å². The fraction of sp³-hybridized carbons (Fsp3) is 0.520. The van der Waals surface area contributed by atoms with Crippen LogP contribution in [-0.4, -0.2) is 64.1 Å². The summed E-state index contributed by atoms with van der Waals surface area (Å²) in [7, 11) is 0. The van der Waals surface area contributed by atoms with Crippen LogP contribution in [0, 0.1) is 12.3 Å². The van der Waals surface area contributed by atoms with Gasteiger partial charge < -0.3 is 20.6 Å². The third-order valence-corrected chi connectivity index (χ3v) is 7.09. The van der Waals surface area contributed by atoms with Crippen molar-refractivity contribution >= 4 is 29.1 Å². The summed E-state index contributed by atoms with van der Waals surface area (Å²) in [5, 5.41) is 15.6. The number of aliphatic hydroxyl groups is 1. The number of alkyl halides is 1. The van der Waals surface area contributed by atoms with E-state index in [2.05, 4.69) is 15.6 Å². The number of amides is 3. The Balaban J connectivity index is 1.76. The lowest BCUT2D eigenvalue weighted by atomic mass is 9.85. The molecule has 190 valence electrons.